The van der Waals surface area contributed by atoms with E-state index in [0.717, 1.165) is 4.90 Å². The third kappa shape index (κ3) is 3.82. The Morgan fingerprint density at radius 2 is 1.77 bits per heavy atom. The van der Waals surface area contributed by atoms with Crippen LogP contribution in [0.4, 0.5) is 8.78 Å². The third-order valence-electron chi connectivity index (χ3n) is 8.92. The van der Waals surface area contributed by atoms with Crippen LogP contribution in [0.15, 0.2) is 48.5 Å². The molecule has 0 bridgehead atoms. The van der Waals surface area contributed by atoms with Crippen LogP contribution in [0, 0.1) is 29.1 Å². The Bertz CT molecular complexity index is 1360. The summed E-state index contributed by atoms with van der Waals surface area (Å²) in [4.78, 5) is 41.0. The van der Waals surface area contributed by atoms with Crippen molar-refractivity contribution in [2.24, 2.45) is 17.8 Å². The Morgan fingerprint density at radius 3 is 2.36 bits per heavy atom. The number of carbonyl (C=O) groups is 3. The summed E-state index contributed by atoms with van der Waals surface area (Å²) >= 11 is 0. The van der Waals surface area contributed by atoms with Gasteiger partial charge in [-0.2, -0.15) is 5.26 Å². The first-order chi connectivity index (χ1) is 18.7. The number of hydrogen-bond donors (Lipinski definition) is 3. The Hall–Kier alpha value is -3.84. The lowest BCUT2D eigenvalue weighted by Crippen LogP contribution is -2.55. The van der Waals surface area contributed by atoms with Gasteiger partial charge < -0.3 is 20.6 Å². The molecule has 0 radical (unpaired) electrons. The molecule has 39 heavy (non-hydrogen) atoms. The second-order valence-corrected chi connectivity index (χ2v) is 11.0. The van der Waals surface area contributed by atoms with Crippen LogP contribution in [0.1, 0.15) is 36.8 Å². The predicted molar refractivity (Wildman–Crippen MR) is 135 cm³/mol. The molecule has 4 aliphatic rings. The first-order valence-corrected chi connectivity index (χ1v) is 13.2. The number of benzene rings is 2. The van der Waals surface area contributed by atoms with Crippen LogP contribution in [0.5, 0.6) is 0 Å². The lowest BCUT2D eigenvalue weighted by molar-refractivity contribution is -0.153. The number of carbonyl (C=O) groups excluding carboxylic acids is 3. The molecule has 3 N–H and O–H groups in total. The molecule has 2 aromatic carbocycles. The van der Waals surface area contributed by atoms with Crippen LogP contribution < -0.4 is 10.6 Å². The minimum Gasteiger partial charge on any atom is -0.372 e. The smallest absolute Gasteiger partial charge is 0.264 e. The van der Waals surface area contributed by atoms with Gasteiger partial charge >= 0.3 is 0 Å². The molecule has 2 aromatic rings. The van der Waals surface area contributed by atoms with E-state index in [1.165, 1.54) is 0 Å². The molecule has 3 amide bonds. The number of aliphatic hydroxyl groups is 1. The van der Waals surface area contributed by atoms with Gasteiger partial charge in [0.1, 0.15) is 12.1 Å². The van der Waals surface area contributed by atoms with E-state index in [1.54, 1.807) is 48.5 Å². The van der Waals surface area contributed by atoms with E-state index in [2.05, 4.69) is 10.6 Å². The van der Waals surface area contributed by atoms with Crippen molar-refractivity contribution in [1.29, 1.82) is 5.26 Å². The molecule has 2 heterocycles. The number of hydrogen-bond acceptors (Lipinski definition) is 5. The first-order valence-electron chi connectivity index (χ1n) is 13.2. The Labute approximate surface area is 224 Å². The number of likely N-dealkylation sites (tertiary alicyclic amines) is 1. The quantitative estimate of drug-likeness (QED) is 0.544. The van der Waals surface area contributed by atoms with Crippen LogP contribution in [0.3, 0.4) is 0 Å². The summed E-state index contributed by atoms with van der Waals surface area (Å²) in [5.74, 6) is -7.33. The molecule has 3 fully saturated rings. The van der Waals surface area contributed by atoms with Gasteiger partial charge in [-0.3, -0.25) is 14.4 Å². The van der Waals surface area contributed by atoms with Crippen molar-refractivity contribution in [2.75, 3.05) is 13.1 Å². The second-order valence-electron chi connectivity index (χ2n) is 11.0. The summed E-state index contributed by atoms with van der Waals surface area (Å²) in [6, 6.07) is 13.5. The SMILES string of the molecule is N#C[C@@H](C[C@@H]1CCNC1=O)NC(=O)[C@@H]1[C@H]2CCC(F)(F)[C@H]2CN1C(=O)C1(O)c2ccccc2-c2ccccc21. The largest absolute Gasteiger partial charge is 0.372 e. The molecule has 10 heteroatoms. The molecule has 202 valence electrons. The predicted octanol–water partition coefficient (Wildman–Crippen LogP) is 2.31. The molecule has 2 aliphatic carbocycles. The lowest BCUT2D eigenvalue weighted by Gasteiger charge is -2.34. The van der Waals surface area contributed by atoms with E-state index in [0.29, 0.717) is 35.2 Å². The van der Waals surface area contributed by atoms with Gasteiger partial charge in [0, 0.05) is 42.5 Å². The van der Waals surface area contributed by atoms with E-state index in [-0.39, 0.29) is 25.3 Å². The number of nitrogens with one attached hydrogen (secondary N) is 2. The number of amides is 3. The molecule has 2 aliphatic heterocycles. The van der Waals surface area contributed by atoms with Crippen LogP contribution in [0.25, 0.3) is 11.1 Å². The van der Waals surface area contributed by atoms with Crippen molar-refractivity contribution in [3.8, 4) is 17.2 Å². The molecule has 0 spiro atoms. The summed E-state index contributed by atoms with van der Waals surface area (Å²) in [5.41, 5.74) is -0.165. The van der Waals surface area contributed by atoms with Crippen LogP contribution >= 0.6 is 0 Å². The molecule has 5 atom stereocenters. The molecular formula is C29H28F2N4O4. The number of nitriles is 1. The number of halogens is 2. The van der Waals surface area contributed by atoms with E-state index >= 15 is 0 Å². The van der Waals surface area contributed by atoms with Gasteiger partial charge in [0.05, 0.1) is 6.07 Å². The lowest BCUT2D eigenvalue weighted by atomic mass is 9.88. The van der Waals surface area contributed by atoms with Crippen molar-refractivity contribution in [2.45, 2.75) is 49.3 Å². The molecule has 0 aromatic heterocycles. The summed E-state index contributed by atoms with van der Waals surface area (Å²) < 4.78 is 29.9. The summed E-state index contributed by atoms with van der Waals surface area (Å²) in [7, 11) is 0. The fourth-order valence-corrected chi connectivity index (χ4v) is 7.01. The second kappa shape index (κ2) is 9.12. The molecule has 8 nitrogen and oxygen atoms in total. The fraction of sp³-hybridized carbons (Fsp3) is 0.448. The maximum Gasteiger partial charge on any atom is 0.264 e. The molecular weight excluding hydrogens is 506 g/mol. The minimum absolute atomic E-state index is 0.0351. The highest BCUT2D eigenvalue weighted by atomic mass is 19.3. The highest BCUT2D eigenvalue weighted by Crippen LogP contribution is 2.54. The Kier molecular flexibility index (Phi) is 5.95. The van der Waals surface area contributed by atoms with Crippen LogP contribution in [-0.4, -0.2) is 58.8 Å². The van der Waals surface area contributed by atoms with Crippen molar-refractivity contribution < 1.29 is 28.3 Å². The van der Waals surface area contributed by atoms with Crippen LogP contribution in [0.2, 0.25) is 0 Å². The van der Waals surface area contributed by atoms with E-state index < -0.39 is 59.6 Å². The van der Waals surface area contributed by atoms with Gasteiger partial charge in [0.25, 0.3) is 11.8 Å². The normalized spacial score (nSPS) is 28.2. The Balaban J connectivity index is 1.35. The molecule has 2 saturated heterocycles. The highest BCUT2D eigenvalue weighted by molar-refractivity contribution is 6.01. The van der Waals surface area contributed by atoms with Gasteiger partial charge in [-0.05, 0) is 36.3 Å². The van der Waals surface area contributed by atoms with Crippen molar-refractivity contribution in [3.63, 3.8) is 0 Å². The number of fused-ring (bicyclic) bond motifs is 4. The van der Waals surface area contributed by atoms with E-state index in [9.17, 15) is 33.5 Å². The zero-order chi connectivity index (χ0) is 27.5. The van der Waals surface area contributed by atoms with Gasteiger partial charge in [-0.1, -0.05) is 48.5 Å². The molecule has 6 rings (SSSR count). The van der Waals surface area contributed by atoms with Gasteiger partial charge in [0.15, 0.2) is 5.60 Å². The standard InChI is InChI=1S/C29H28F2N4O4/c30-28(31)11-9-20-23(28)15-35(24(20)26(37)34-17(14-32)13-16-10-12-33-25(16)36)27(38)29(39)21-7-3-1-5-18(21)19-6-2-4-8-22(19)29/h1-8,16-17,20,23-24,39H,9-13,15H2,(H,33,36)(H,34,37)/t16-,17+,20-,23-,24-/m0/s1. The minimum atomic E-state index is -3.07. The van der Waals surface area contributed by atoms with E-state index in [4.69, 9.17) is 0 Å². The summed E-state index contributed by atoms with van der Waals surface area (Å²) in [5, 5.41) is 27.1. The van der Waals surface area contributed by atoms with Crippen molar-refractivity contribution in [1.82, 2.24) is 15.5 Å². The Morgan fingerprint density at radius 1 is 1.13 bits per heavy atom. The number of alkyl halides is 2. The third-order valence-corrected chi connectivity index (χ3v) is 8.92. The number of rotatable bonds is 5. The monoisotopic (exact) mass is 534 g/mol. The maximum atomic E-state index is 14.9. The summed E-state index contributed by atoms with van der Waals surface area (Å²) in [6.07, 6.45) is 0.259. The zero-order valence-electron chi connectivity index (χ0n) is 21.1. The van der Waals surface area contributed by atoms with Gasteiger partial charge in [-0.15, -0.1) is 0 Å². The average molecular weight is 535 g/mol. The first kappa shape index (κ1) is 25.4. The van der Waals surface area contributed by atoms with Crippen molar-refractivity contribution >= 4 is 17.7 Å². The zero-order valence-corrected chi connectivity index (χ0v) is 21.1. The van der Waals surface area contributed by atoms with Crippen molar-refractivity contribution in [3.05, 3.63) is 59.7 Å². The van der Waals surface area contributed by atoms with Gasteiger partial charge in [0.2, 0.25) is 11.8 Å². The summed E-state index contributed by atoms with van der Waals surface area (Å²) in [6.45, 7) is 0.102. The molecule has 1 saturated carbocycles. The van der Waals surface area contributed by atoms with E-state index in [1.807, 2.05) is 6.07 Å². The topological polar surface area (TPSA) is 123 Å². The van der Waals surface area contributed by atoms with Crippen LogP contribution in [-0.2, 0) is 20.0 Å². The number of nitrogens with zero attached hydrogens (tertiary/aromatic N) is 2. The van der Waals surface area contributed by atoms with Gasteiger partial charge in [-0.25, -0.2) is 8.78 Å². The fourth-order valence-electron chi connectivity index (χ4n) is 7.01. The maximum absolute atomic E-state index is 14.9. The average Bonchev–Trinajstić information content (AvgIpc) is 3.66. The molecule has 0 unspecified atom stereocenters. The highest BCUT2D eigenvalue weighted by Gasteiger charge is 2.63.